The molecule has 0 nitrogen and oxygen atoms in total. The van der Waals surface area contributed by atoms with Crippen LogP contribution in [0.4, 0.5) is 22.0 Å². The van der Waals surface area contributed by atoms with E-state index in [1.54, 1.807) is 0 Å². The second-order valence-corrected chi connectivity index (χ2v) is 1.81. The third-order valence-electron chi connectivity index (χ3n) is 1.02. The van der Waals surface area contributed by atoms with Crippen LogP contribution in [0, 0.1) is 0 Å². The summed E-state index contributed by atoms with van der Waals surface area (Å²) in [6, 6.07) is 0. The second-order valence-electron chi connectivity index (χ2n) is 1.81. The Morgan fingerprint density at radius 1 is 1.18 bits per heavy atom. The zero-order chi connectivity index (χ0) is 9.28. The molecule has 64 valence electrons. The van der Waals surface area contributed by atoms with E-state index in [-0.39, 0.29) is 6.08 Å². The highest BCUT2D eigenvalue weighted by molar-refractivity contribution is 5.11. The second kappa shape index (κ2) is 2.64. The Bertz CT molecular complexity index is 181. The molecule has 11 heavy (non-hydrogen) atoms. The van der Waals surface area contributed by atoms with E-state index in [1.807, 2.05) is 0 Å². The first-order valence-electron chi connectivity index (χ1n) is 2.50. The van der Waals surface area contributed by atoms with Crippen molar-refractivity contribution in [2.45, 2.75) is 11.8 Å². The van der Waals surface area contributed by atoms with Gasteiger partial charge in [-0.25, -0.2) is 4.39 Å². The predicted molar refractivity (Wildman–Crippen MR) is 30.3 cm³/mol. The number of halogens is 5. The molecule has 0 aliphatic heterocycles. The Morgan fingerprint density at radius 2 is 1.55 bits per heavy atom. The Labute approximate surface area is 60.0 Å². The highest BCUT2D eigenvalue weighted by Gasteiger charge is 2.56. The lowest BCUT2D eigenvalue weighted by Crippen LogP contribution is -2.38. The quantitative estimate of drug-likeness (QED) is 0.453. The van der Waals surface area contributed by atoms with Gasteiger partial charge in [-0.1, -0.05) is 13.2 Å². The maximum absolute atomic E-state index is 12.0. The molecule has 0 rings (SSSR count). The van der Waals surface area contributed by atoms with E-state index in [0.29, 0.717) is 0 Å². The van der Waals surface area contributed by atoms with Gasteiger partial charge in [0.15, 0.2) is 5.83 Å². The van der Waals surface area contributed by atoms with E-state index in [9.17, 15) is 22.0 Å². The van der Waals surface area contributed by atoms with E-state index in [0.717, 1.165) is 0 Å². The van der Waals surface area contributed by atoms with Crippen LogP contribution in [-0.2, 0) is 0 Å². The molecule has 0 unspecified atom stereocenters. The van der Waals surface area contributed by atoms with Crippen LogP contribution in [0.25, 0.3) is 0 Å². The average molecular weight is 172 g/mol. The van der Waals surface area contributed by atoms with Crippen molar-refractivity contribution < 1.29 is 22.0 Å². The Hall–Kier alpha value is -0.870. The van der Waals surface area contributed by atoms with Gasteiger partial charge in [0.25, 0.3) is 0 Å². The number of allylic oxidation sites excluding steroid dienone is 2. The molecular formula is C6H5F5. The first-order chi connectivity index (χ1) is 4.75. The van der Waals surface area contributed by atoms with Crippen molar-refractivity contribution in [3.8, 4) is 0 Å². The highest BCUT2D eigenvalue weighted by atomic mass is 19.3. The SMILES string of the molecule is C=CC(F)(F)C(F)(F)C(=C)F. The molecule has 0 saturated heterocycles. The Morgan fingerprint density at radius 3 is 1.64 bits per heavy atom. The van der Waals surface area contributed by atoms with Gasteiger partial charge in [-0.05, 0) is 6.08 Å². The Kier molecular flexibility index (Phi) is 2.43. The largest absolute Gasteiger partial charge is 0.363 e. The lowest BCUT2D eigenvalue weighted by atomic mass is 10.1. The number of alkyl halides is 4. The fourth-order valence-electron chi connectivity index (χ4n) is 0.309. The van der Waals surface area contributed by atoms with Gasteiger partial charge in [0.2, 0.25) is 0 Å². The average Bonchev–Trinajstić information content (AvgIpc) is 1.87. The summed E-state index contributed by atoms with van der Waals surface area (Å²) in [7, 11) is 0. The molecule has 0 aromatic heterocycles. The van der Waals surface area contributed by atoms with Gasteiger partial charge in [0, 0.05) is 0 Å². The van der Waals surface area contributed by atoms with Crippen LogP contribution in [0.1, 0.15) is 0 Å². The molecule has 0 amide bonds. The summed E-state index contributed by atoms with van der Waals surface area (Å²) in [5, 5.41) is 0. The lowest BCUT2D eigenvalue weighted by Gasteiger charge is -2.20. The van der Waals surface area contributed by atoms with Crippen LogP contribution >= 0.6 is 0 Å². The molecule has 0 aliphatic carbocycles. The molecule has 0 fully saturated rings. The molecule has 0 heterocycles. The van der Waals surface area contributed by atoms with Crippen LogP contribution < -0.4 is 0 Å². The van der Waals surface area contributed by atoms with E-state index >= 15 is 0 Å². The van der Waals surface area contributed by atoms with E-state index in [1.165, 1.54) is 0 Å². The predicted octanol–water partition coefficient (Wildman–Crippen LogP) is 2.93. The molecule has 5 heteroatoms. The molecule has 0 N–H and O–H groups in total. The summed E-state index contributed by atoms with van der Waals surface area (Å²) in [5.41, 5.74) is 0. The molecule has 0 radical (unpaired) electrons. The van der Waals surface area contributed by atoms with Gasteiger partial charge in [0.05, 0.1) is 0 Å². The molecule has 0 aliphatic rings. The first-order valence-corrected chi connectivity index (χ1v) is 2.50. The molecular weight excluding hydrogens is 167 g/mol. The van der Waals surface area contributed by atoms with E-state index in [4.69, 9.17) is 0 Å². The molecule has 0 aromatic rings. The highest BCUT2D eigenvalue weighted by Crippen LogP contribution is 2.40. The summed E-state index contributed by atoms with van der Waals surface area (Å²) < 4.78 is 59.8. The maximum Gasteiger partial charge on any atom is 0.363 e. The van der Waals surface area contributed by atoms with Crippen molar-refractivity contribution in [2.24, 2.45) is 0 Å². The zero-order valence-corrected chi connectivity index (χ0v) is 5.38. The number of hydrogen-bond donors (Lipinski definition) is 0. The third-order valence-corrected chi connectivity index (χ3v) is 1.02. The van der Waals surface area contributed by atoms with Gasteiger partial charge in [-0.2, -0.15) is 17.6 Å². The monoisotopic (exact) mass is 172 g/mol. The van der Waals surface area contributed by atoms with Crippen molar-refractivity contribution in [2.75, 3.05) is 0 Å². The molecule has 0 spiro atoms. The van der Waals surface area contributed by atoms with Crippen LogP contribution in [0.5, 0.6) is 0 Å². The zero-order valence-electron chi connectivity index (χ0n) is 5.38. The van der Waals surface area contributed by atoms with Crippen molar-refractivity contribution in [1.29, 1.82) is 0 Å². The Balaban J connectivity index is 4.81. The summed E-state index contributed by atoms with van der Waals surface area (Å²) >= 11 is 0. The standard InChI is InChI=1S/C6H5F5/c1-3-5(8,9)6(10,11)4(2)7/h3H,1-2H2. The summed E-state index contributed by atoms with van der Waals surface area (Å²) in [6.07, 6.45) is -0.322. The smallest absolute Gasteiger partial charge is 0.206 e. The van der Waals surface area contributed by atoms with Crippen LogP contribution in [0.3, 0.4) is 0 Å². The first kappa shape index (κ1) is 10.1. The van der Waals surface area contributed by atoms with Crippen molar-refractivity contribution in [3.05, 3.63) is 25.1 Å². The lowest BCUT2D eigenvalue weighted by molar-refractivity contribution is -0.163. The molecule has 0 saturated carbocycles. The minimum Gasteiger partial charge on any atom is -0.206 e. The molecule has 0 aromatic carbocycles. The van der Waals surface area contributed by atoms with Gasteiger partial charge >= 0.3 is 11.8 Å². The fraction of sp³-hybridized carbons (Fsp3) is 0.333. The molecule has 0 atom stereocenters. The van der Waals surface area contributed by atoms with Crippen molar-refractivity contribution >= 4 is 0 Å². The summed E-state index contributed by atoms with van der Waals surface area (Å²) in [4.78, 5) is 0. The summed E-state index contributed by atoms with van der Waals surface area (Å²) in [5.74, 6) is -11.8. The minimum absolute atomic E-state index is 0.322. The third kappa shape index (κ3) is 1.58. The van der Waals surface area contributed by atoms with Gasteiger partial charge in [-0.3, -0.25) is 0 Å². The van der Waals surface area contributed by atoms with Crippen LogP contribution in [-0.4, -0.2) is 11.8 Å². The normalized spacial score (nSPS) is 12.8. The van der Waals surface area contributed by atoms with Gasteiger partial charge in [-0.15, -0.1) is 0 Å². The van der Waals surface area contributed by atoms with Crippen LogP contribution in [0.2, 0.25) is 0 Å². The van der Waals surface area contributed by atoms with Crippen molar-refractivity contribution in [3.63, 3.8) is 0 Å². The van der Waals surface area contributed by atoms with Crippen molar-refractivity contribution in [1.82, 2.24) is 0 Å². The number of rotatable bonds is 3. The summed E-state index contributed by atoms with van der Waals surface area (Å²) in [6.45, 7) is 4.54. The van der Waals surface area contributed by atoms with Gasteiger partial charge in [0.1, 0.15) is 0 Å². The maximum atomic E-state index is 12.0. The van der Waals surface area contributed by atoms with E-state index < -0.39 is 17.7 Å². The molecule has 0 bridgehead atoms. The van der Waals surface area contributed by atoms with E-state index in [2.05, 4.69) is 13.2 Å². The minimum atomic E-state index is -4.87. The van der Waals surface area contributed by atoms with Crippen LogP contribution in [0.15, 0.2) is 25.1 Å². The van der Waals surface area contributed by atoms with Gasteiger partial charge < -0.3 is 0 Å². The fourth-order valence-corrected chi connectivity index (χ4v) is 0.309. The topological polar surface area (TPSA) is 0 Å². The number of hydrogen-bond acceptors (Lipinski definition) is 0.